The quantitative estimate of drug-likeness (QED) is 0.580. The van der Waals surface area contributed by atoms with E-state index in [1.165, 1.54) is 16.5 Å². The van der Waals surface area contributed by atoms with E-state index in [4.69, 9.17) is 4.74 Å². The van der Waals surface area contributed by atoms with Gasteiger partial charge in [0, 0.05) is 30.2 Å². The summed E-state index contributed by atoms with van der Waals surface area (Å²) in [5.74, 6) is 0. The Morgan fingerprint density at radius 3 is 3.11 bits per heavy atom. The van der Waals surface area contributed by atoms with Crippen LogP contribution in [0.3, 0.4) is 0 Å². The van der Waals surface area contributed by atoms with Gasteiger partial charge < -0.3 is 15.0 Å². The second-order valence-corrected chi connectivity index (χ2v) is 4.54. The van der Waals surface area contributed by atoms with Crippen LogP contribution < -0.4 is 5.32 Å². The first-order valence-electron chi connectivity index (χ1n) is 6.25. The number of H-pyrrole nitrogens is 1. The minimum atomic E-state index is 0.648. The minimum absolute atomic E-state index is 0.648. The Kier molecular flexibility index (Phi) is 4.56. The summed E-state index contributed by atoms with van der Waals surface area (Å²) in [5, 5.41) is 4.67. The molecule has 2 rings (SSSR count). The fourth-order valence-electron chi connectivity index (χ4n) is 1.92. The van der Waals surface area contributed by atoms with Crippen molar-refractivity contribution in [3.63, 3.8) is 0 Å². The molecule has 0 saturated heterocycles. The highest BCUT2D eigenvalue weighted by molar-refractivity contribution is 5.82. The predicted octanol–water partition coefficient (Wildman–Crippen LogP) is 2.85. The van der Waals surface area contributed by atoms with Crippen LogP contribution in [-0.2, 0) is 11.3 Å². The molecule has 2 N–H and O–H groups in total. The SMILES string of the molecule is C=C(C)COCCNCc1cccc2[nH]ccc12. The normalized spacial score (nSPS) is 10.9. The first-order valence-corrected chi connectivity index (χ1v) is 6.25. The Bertz CT molecular complexity index is 516. The van der Waals surface area contributed by atoms with Gasteiger partial charge in [0.15, 0.2) is 0 Å². The third kappa shape index (κ3) is 3.45. The number of hydrogen-bond donors (Lipinski definition) is 2. The fraction of sp³-hybridized carbons (Fsp3) is 0.333. The molecule has 18 heavy (non-hydrogen) atoms. The Balaban J connectivity index is 1.76. The molecule has 0 radical (unpaired) electrons. The Morgan fingerprint density at radius 2 is 2.28 bits per heavy atom. The number of aromatic nitrogens is 1. The van der Waals surface area contributed by atoms with E-state index in [0.717, 1.165) is 25.3 Å². The maximum absolute atomic E-state index is 5.44. The van der Waals surface area contributed by atoms with Gasteiger partial charge in [0.25, 0.3) is 0 Å². The smallest absolute Gasteiger partial charge is 0.0672 e. The molecule has 1 heterocycles. The first kappa shape index (κ1) is 12.9. The molecule has 0 aliphatic carbocycles. The summed E-state index contributed by atoms with van der Waals surface area (Å²) in [4.78, 5) is 3.22. The zero-order chi connectivity index (χ0) is 12.8. The molecule has 0 amide bonds. The number of nitrogens with one attached hydrogen (secondary N) is 2. The summed E-state index contributed by atoms with van der Waals surface area (Å²) < 4.78 is 5.44. The molecule has 1 aromatic carbocycles. The van der Waals surface area contributed by atoms with E-state index in [1.807, 2.05) is 13.1 Å². The number of benzene rings is 1. The molecule has 0 bridgehead atoms. The Labute approximate surface area is 108 Å². The highest BCUT2D eigenvalue weighted by atomic mass is 16.5. The molecule has 96 valence electrons. The van der Waals surface area contributed by atoms with E-state index in [2.05, 4.69) is 41.1 Å². The zero-order valence-corrected chi connectivity index (χ0v) is 10.8. The van der Waals surface area contributed by atoms with E-state index in [0.29, 0.717) is 6.61 Å². The van der Waals surface area contributed by atoms with Crippen molar-refractivity contribution < 1.29 is 4.74 Å². The Hall–Kier alpha value is -1.58. The molecule has 0 aliphatic heterocycles. The van der Waals surface area contributed by atoms with Crippen LogP contribution >= 0.6 is 0 Å². The molecule has 0 aliphatic rings. The van der Waals surface area contributed by atoms with Crippen molar-refractivity contribution in [1.29, 1.82) is 0 Å². The summed E-state index contributed by atoms with van der Waals surface area (Å²) >= 11 is 0. The summed E-state index contributed by atoms with van der Waals surface area (Å²) in [6, 6.07) is 8.43. The number of fused-ring (bicyclic) bond motifs is 1. The maximum Gasteiger partial charge on any atom is 0.0672 e. The summed E-state index contributed by atoms with van der Waals surface area (Å²) in [5.41, 5.74) is 3.56. The standard InChI is InChI=1S/C15H20N2O/c1-12(2)11-18-9-8-16-10-13-4-3-5-15-14(13)6-7-17-15/h3-7,16-17H,1,8-11H2,2H3. The van der Waals surface area contributed by atoms with Crippen molar-refractivity contribution in [2.45, 2.75) is 13.5 Å². The van der Waals surface area contributed by atoms with E-state index in [-0.39, 0.29) is 0 Å². The fourth-order valence-corrected chi connectivity index (χ4v) is 1.92. The Morgan fingerprint density at radius 1 is 1.39 bits per heavy atom. The first-order chi connectivity index (χ1) is 8.77. The van der Waals surface area contributed by atoms with Gasteiger partial charge in [-0.1, -0.05) is 24.3 Å². The van der Waals surface area contributed by atoms with Crippen molar-refractivity contribution in [3.8, 4) is 0 Å². The van der Waals surface area contributed by atoms with Gasteiger partial charge in [0.05, 0.1) is 13.2 Å². The highest BCUT2D eigenvalue weighted by Crippen LogP contribution is 2.16. The molecular weight excluding hydrogens is 224 g/mol. The van der Waals surface area contributed by atoms with E-state index in [1.54, 1.807) is 0 Å². The maximum atomic E-state index is 5.44. The minimum Gasteiger partial charge on any atom is -0.376 e. The van der Waals surface area contributed by atoms with Crippen LogP contribution in [0.15, 0.2) is 42.6 Å². The third-order valence-corrected chi connectivity index (χ3v) is 2.77. The predicted molar refractivity (Wildman–Crippen MR) is 75.6 cm³/mol. The molecule has 0 spiro atoms. The van der Waals surface area contributed by atoms with Crippen LogP contribution in [0.1, 0.15) is 12.5 Å². The molecule has 3 heteroatoms. The summed E-state index contributed by atoms with van der Waals surface area (Å²) in [6.07, 6.45) is 1.98. The van der Waals surface area contributed by atoms with Crippen molar-refractivity contribution in [1.82, 2.24) is 10.3 Å². The zero-order valence-electron chi connectivity index (χ0n) is 10.8. The lowest BCUT2D eigenvalue weighted by atomic mass is 10.1. The molecular formula is C15H20N2O. The van der Waals surface area contributed by atoms with Crippen LogP contribution in [0.5, 0.6) is 0 Å². The van der Waals surface area contributed by atoms with Gasteiger partial charge in [0.1, 0.15) is 0 Å². The third-order valence-electron chi connectivity index (χ3n) is 2.77. The molecule has 0 unspecified atom stereocenters. The second-order valence-electron chi connectivity index (χ2n) is 4.54. The van der Waals surface area contributed by atoms with Gasteiger partial charge in [-0.15, -0.1) is 0 Å². The van der Waals surface area contributed by atoms with Gasteiger partial charge in [-0.3, -0.25) is 0 Å². The van der Waals surface area contributed by atoms with Crippen LogP contribution in [0.4, 0.5) is 0 Å². The van der Waals surface area contributed by atoms with Crippen molar-refractivity contribution >= 4 is 10.9 Å². The van der Waals surface area contributed by atoms with Gasteiger partial charge >= 0.3 is 0 Å². The number of hydrogen-bond acceptors (Lipinski definition) is 2. The monoisotopic (exact) mass is 244 g/mol. The van der Waals surface area contributed by atoms with E-state index >= 15 is 0 Å². The van der Waals surface area contributed by atoms with Crippen molar-refractivity contribution in [2.24, 2.45) is 0 Å². The van der Waals surface area contributed by atoms with Gasteiger partial charge in [0.2, 0.25) is 0 Å². The lowest BCUT2D eigenvalue weighted by Crippen LogP contribution is -2.19. The second kappa shape index (κ2) is 6.38. The highest BCUT2D eigenvalue weighted by Gasteiger charge is 2.00. The van der Waals surface area contributed by atoms with Crippen molar-refractivity contribution in [3.05, 3.63) is 48.2 Å². The van der Waals surface area contributed by atoms with Crippen LogP contribution in [0.25, 0.3) is 10.9 Å². The summed E-state index contributed by atoms with van der Waals surface area (Å²) in [7, 11) is 0. The van der Waals surface area contributed by atoms with Crippen molar-refractivity contribution in [2.75, 3.05) is 19.8 Å². The van der Waals surface area contributed by atoms with Gasteiger partial charge in [-0.2, -0.15) is 0 Å². The number of aromatic amines is 1. The topological polar surface area (TPSA) is 37.0 Å². The number of rotatable bonds is 7. The molecule has 0 atom stereocenters. The van der Waals surface area contributed by atoms with Crippen LogP contribution in [0, 0.1) is 0 Å². The van der Waals surface area contributed by atoms with E-state index in [9.17, 15) is 0 Å². The lowest BCUT2D eigenvalue weighted by molar-refractivity contribution is 0.158. The van der Waals surface area contributed by atoms with Gasteiger partial charge in [-0.05, 0) is 24.6 Å². The van der Waals surface area contributed by atoms with Gasteiger partial charge in [-0.25, -0.2) is 0 Å². The molecule has 3 nitrogen and oxygen atoms in total. The summed E-state index contributed by atoms with van der Waals surface area (Å²) in [6.45, 7) is 8.86. The lowest BCUT2D eigenvalue weighted by Gasteiger charge is -2.07. The van der Waals surface area contributed by atoms with E-state index < -0.39 is 0 Å². The number of ether oxygens (including phenoxy) is 1. The average Bonchev–Trinajstić information content (AvgIpc) is 2.82. The molecule has 1 aromatic heterocycles. The van der Waals surface area contributed by atoms with Crippen LogP contribution in [0.2, 0.25) is 0 Å². The molecule has 2 aromatic rings. The van der Waals surface area contributed by atoms with Crippen LogP contribution in [-0.4, -0.2) is 24.7 Å². The molecule has 0 saturated carbocycles. The largest absolute Gasteiger partial charge is 0.376 e. The average molecular weight is 244 g/mol. The molecule has 0 fully saturated rings.